The summed E-state index contributed by atoms with van der Waals surface area (Å²) in [6, 6.07) is 13.4. The van der Waals surface area contributed by atoms with Crippen molar-refractivity contribution in [1.82, 2.24) is 35.7 Å². The first-order valence-corrected chi connectivity index (χ1v) is 10.6. The van der Waals surface area contributed by atoms with Gasteiger partial charge in [0.05, 0.1) is 0 Å². The normalized spacial score (nSPS) is 10.6. The van der Waals surface area contributed by atoms with Gasteiger partial charge < -0.3 is 15.0 Å². The fraction of sp³-hybridized carbons (Fsp3) is 0.217. The van der Waals surface area contributed by atoms with Crippen LogP contribution in [0.1, 0.15) is 11.4 Å². The minimum absolute atomic E-state index is 0.184. The highest BCUT2D eigenvalue weighted by molar-refractivity contribution is 5.77. The van der Waals surface area contributed by atoms with E-state index in [1.54, 1.807) is 36.7 Å². The summed E-state index contributed by atoms with van der Waals surface area (Å²) in [5.74, 6) is 1.52. The van der Waals surface area contributed by atoms with Crippen molar-refractivity contribution in [2.75, 3.05) is 25.1 Å². The molecule has 4 aromatic rings. The summed E-state index contributed by atoms with van der Waals surface area (Å²) in [4.78, 5) is 22.4. The Morgan fingerprint density at radius 2 is 2.00 bits per heavy atom. The van der Waals surface area contributed by atoms with Crippen LogP contribution in [-0.4, -0.2) is 56.5 Å². The van der Waals surface area contributed by atoms with E-state index in [9.17, 15) is 9.18 Å². The number of nitrogens with one attached hydrogen (secondary N) is 2. The molecule has 3 heterocycles. The first kappa shape index (κ1) is 22.8. The molecule has 0 bridgehead atoms. The molecule has 11 heteroatoms. The van der Waals surface area contributed by atoms with Crippen LogP contribution in [0.5, 0.6) is 5.88 Å². The largest absolute Gasteiger partial charge is 0.466 e. The number of ether oxygens (including phenoxy) is 1. The van der Waals surface area contributed by atoms with E-state index >= 15 is 0 Å². The molecule has 10 nitrogen and oxygen atoms in total. The number of H-pyrrole nitrogens is 1. The number of aromatic nitrogens is 6. The average molecular weight is 462 g/mol. The van der Waals surface area contributed by atoms with Gasteiger partial charge in [-0.3, -0.25) is 14.9 Å². The Hall–Kier alpha value is -4.41. The zero-order chi connectivity index (χ0) is 23.8. The molecule has 1 amide bonds. The molecule has 0 spiro atoms. The second kappa shape index (κ2) is 10.9. The molecule has 0 aliphatic heterocycles. The number of benzene rings is 1. The van der Waals surface area contributed by atoms with Crippen molar-refractivity contribution in [2.24, 2.45) is 0 Å². The predicted molar refractivity (Wildman–Crippen MR) is 122 cm³/mol. The Bertz CT molecular complexity index is 1200. The molecule has 3 aromatic heterocycles. The third kappa shape index (κ3) is 6.31. The van der Waals surface area contributed by atoms with Crippen molar-refractivity contribution in [1.29, 1.82) is 0 Å². The smallest absolute Gasteiger partial charge is 0.258 e. The number of aromatic amines is 1. The maximum absolute atomic E-state index is 13.0. The lowest BCUT2D eigenvalue weighted by Gasteiger charge is -2.17. The zero-order valence-corrected chi connectivity index (χ0v) is 18.5. The van der Waals surface area contributed by atoms with Crippen LogP contribution in [0.4, 0.5) is 10.2 Å². The number of rotatable bonds is 10. The van der Waals surface area contributed by atoms with Gasteiger partial charge in [-0.05, 0) is 35.9 Å². The summed E-state index contributed by atoms with van der Waals surface area (Å²) in [5.41, 5.74) is 1.76. The number of amides is 1. The lowest BCUT2D eigenvalue weighted by atomic mass is 10.2. The van der Waals surface area contributed by atoms with E-state index in [0.29, 0.717) is 37.0 Å². The van der Waals surface area contributed by atoms with Crippen LogP contribution in [0, 0.1) is 5.82 Å². The fourth-order valence-corrected chi connectivity index (χ4v) is 3.08. The van der Waals surface area contributed by atoms with Gasteiger partial charge in [0.2, 0.25) is 5.88 Å². The van der Waals surface area contributed by atoms with Crippen molar-refractivity contribution >= 4 is 11.7 Å². The van der Waals surface area contributed by atoms with E-state index in [1.165, 1.54) is 12.1 Å². The maximum Gasteiger partial charge on any atom is 0.258 e. The van der Waals surface area contributed by atoms with Crippen LogP contribution < -0.4 is 15.0 Å². The van der Waals surface area contributed by atoms with Gasteiger partial charge in [-0.25, -0.2) is 9.37 Å². The number of anilines is 1. The second-order valence-corrected chi connectivity index (χ2v) is 7.45. The molecule has 0 fully saturated rings. The minimum Gasteiger partial charge on any atom is -0.466 e. The van der Waals surface area contributed by atoms with Crippen molar-refractivity contribution in [3.63, 3.8) is 0 Å². The lowest BCUT2D eigenvalue weighted by Crippen LogP contribution is -2.31. The molecule has 0 aliphatic carbocycles. The highest BCUT2D eigenvalue weighted by atomic mass is 19.1. The van der Waals surface area contributed by atoms with Gasteiger partial charge in [0.25, 0.3) is 5.91 Å². The summed E-state index contributed by atoms with van der Waals surface area (Å²) in [7, 11) is 1.86. The fourth-order valence-electron chi connectivity index (χ4n) is 3.08. The van der Waals surface area contributed by atoms with E-state index in [4.69, 9.17) is 4.74 Å². The molecule has 0 aliphatic rings. The molecule has 0 saturated carbocycles. The van der Waals surface area contributed by atoms with Crippen LogP contribution in [0.25, 0.3) is 11.4 Å². The number of halogens is 1. The Labute approximate surface area is 195 Å². The Balaban J connectivity index is 1.18. The molecule has 0 atom stereocenters. The Kier molecular flexibility index (Phi) is 7.33. The number of pyridine rings is 1. The number of nitrogens with zero attached hydrogens (tertiary/aromatic N) is 6. The lowest BCUT2D eigenvalue weighted by molar-refractivity contribution is -0.123. The van der Waals surface area contributed by atoms with Crippen LogP contribution in [0.2, 0.25) is 0 Å². The molecular formula is C23H23FN8O2. The molecule has 4 rings (SSSR count). The molecule has 1 aromatic carbocycles. The topological polar surface area (TPSA) is 122 Å². The van der Waals surface area contributed by atoms with Crippen LogP contribution in [-0.2, 0) is 17.8 Å². The van der Waals surface area contributed by atoms with E-state index in [0.717, 1.165) is 11.1 Å². The number of hydrogen-bond acceptors (Lipinski definition) is 8. The van der Waals surface area contributed by atoms with Gasteiger partial charge in [-0.2, -0.15) is 5.10 Å². The van der Waals surface area contributed by atoms with Crippen molar-refractivity contribution in [2.45, 2.75) is 13.0 Å². The molecule has 34 heavy (non-hydrogen) atoms. The molecule has 0 radical (unpaired) electrons. The molecule has 0 saturated heterocycles. The van der Waals surface area contributed by atoms with Gasteiger partial charge in [-0.1, -0.05) is 12.1 Å². The Morgan fingerprint density at radius 1 is 1.15 bits per heavy atom. The highest BCUT2D eigenvalue weighted by Crippen LogP contribution is 2.15. The number of hydrogen-bond donors (Lipinski definition) is 2. The molecular weight excluding hydrogens is 439 g/mol. The van der Waals surface area contributed by atoms with E-state index < -0.39 is 0 Å². The third-order valence-corrected chi connectivity index (χ3v) is 4.84. The van der Waals surface area contributed by atoms with E-state index in [-0.39, 0.29) is 24.2 Å². The average Bonchev–Trinajstić information content (AvgIpc) is 3.34. The van der Waals surface area contributed by atoms with Gasteiger partial charge in [0.15, 0.2) is 18.2 Å². The highest BCUT2D eigenvalue weighted by Gasteiger charge is 2.09. The van der Waals surface area contributed by atoms with Crippen molar-refractivity contribution in [3.8, 4) is 17.3 Å². The first-order chi connectivity index (χ1) is 16.6. The van der Waals surface area contributed by atoms with Crippen LogP contribution in [0.3, 0.4) is 0 Å². The van der Waals surface area contributed by atoms with E-state index in [1.807, 2.05) is 24.1 Å². The Morgan fingerprint density at radius 3 is 2.74 bits per heavy atom. The van der Waals surface area contributed by atoms with Crippen LogP contribution in [0.15, 0.2) is 60.9 Å². The minimum atomic E-state index is -0.286. The zero-order valence-electron chi connectivity index (χ0n) is 18.5. The van der Waals surface area contributed by atoms with Crippen molar-refractivity contribution < 1.29 is 13.9 Å². The SMILES string of the molecule is CN(Cc1ccc(F)cc1)c1ccc(OCC(=O)NCCc2nc(-c3cccnc3)n[nH]2)nn1. The summed E-state index contributed by atoms with van der Waals surface area (Å²) < 4.78 is 18.5. The van der Waals surface area contributed by atoms with Gasteiger partial charge in [0.1, 0.15) is 11.6 Å². The molecule has 174 valence electrons. The summed E-state index contributed by atoms with van der Waals surface area (Å²) in [5, 5.41) is 17.9. The summed E-state index contributed by atoms with van der Waals surface area (Å²) >= 11 is 0. The molecule has 2 N–H and O–H groups in total. The molecule has 0 unspecified atom stereocenters. The van der Waals surface area contributed by atoms with Gasteiger partial charge >= 0.3 is 0 Å². The van der Waals surface area contributed by atoms with Gasteiger partial charge in [-0.15, -0.1) is 10.2 Å². The quantitative estimate of drug-likeness (QED) is 0.368. The predicted octanol–water partition coefficient (Wildman–Crippen LogP) is 2.17. The monoisotopic (exact) mass is 462 g/mol. The van der Waals surface area contributed by atoms with Crippen molar-refractivity contribution in [3.05, 3.63) is 78.1 Å². The van der Waals surface area contributed by atoms with Gasteiger partial charge in [0, 0.05) is 50.6 Å². The number of carbonyl (C=O) groups is 1. The third-order valence-electron chi connectivity index (χ3n) is 4.84. The second-order valence-electron chi connectivity index (χ2n) is 7.45. The summed E-state index contributed by atoms with van der Waals surface area (Å²) in [6.45, 7) is 0.742. The van der Waals surface area contributed by atoms with Crippen LogP contribution >= 0.6 is 0 Å². The maximum atomic E-state index is 13.0. The summed E-state index contributed by atoms with van der Waals surface area (Å²) in [6.07, 6.45) is 3.86. The van der Waals surface area contributed by atoms with E-state index in [2.05, 4.69) is 35.7 Å². The first-order valence-electron chi connectivity index (χ1n) is 10.6. The number of carbonyl (C=O) groups excluding carboxylic acids is 1. The standard InChI is InChI=1S/C23H23FN8O2/c1-32(14-16-4-6-18(24)7-5-16)20-8-9-22(30-29-20)34-15-21(33)26-12-10-19-27-23(31-28-19)17-3-2-11-25-13-17/h2-9,11,13H,10,12,14-15H2,1H3,(H,26,33)(H,27,28,31).